The molecule has 0 amide bonds. The van der Waals surface area contributed by atoms with Gasteiger partial charge in [-0.15, -0.1) is 11.3 Å². The number of aromatic nitrogens is 1. The summed E-state index contributed by atoms with van der Waals surface area (Å²) in [5.41, 5.74) is 2.29. The topological polar surface area (TPSA) is 58.5 Å². The third-order valence-electron chi connectivity index (χ3n) is 3.68. The second-order valence-electron chi connectivity index (χ2n) is 5.65. The van der Waals surface area contributed by atoms with Crippen molar-refractivity contribution in [3.05, 3.63) is 45.4 Å². The molecule has 0 atom stereocenters. The number of aliphatic imine (C=N–C) groups is 1. The molecule has 1 heterocycles. The number of benzene rings is 1. The molecule has 2 N–H and O–H groups in total. The van der Waals surface area contributed by atoms with Crippen LogP contribution in [-0.2, 0) is 13.0 Å². The Labute approximate surface area is 154 Å². The molecule has 0 radical (unpaired) electrons. The lowest BCUT2D eigenvalue weighted by molar-refractivity contribution is 0.336. The third kappa shape index (κ3) is 6.05. The Morgan fingerprint density at radius 3 is 2.68 bits per heavy atom. The predicted octanol–water partition coefficient (Wildman–Crippen LogP) is 3.46. The fourth-order valence-corrected chi connectivity index (χ4v) is 3.40. The van der Waals surface area contributed by atoms with Crippen molar-refractivity contribution >= 4 is 17.3 Å². The van der Waals surface area contributed by atoms with E-state index in [0.717, 1.165) is 41.9 Å². The fraction of sp³-hybridized carbons (Fsp3) is 0.474. The van der Waals surface area contributed by atoms with Crippen molar-refractivity contribution in [1.82, 2.24) is 15.6 Å². The molecule has 2 rings (SSSR count). The second-order valence-corrected chi connectivity index (χ2v) is 6.94. The summed E-state index contributed by atoms with van der Waals surface area (Å²) in [6, 6.07) is 8.19. The number of aryl methyl sites for hydroxylation is 2. The summed E-state index contributed by atoms with van der Waals surface area (Å²) in [6.07, 6.45) is 0.888. The van der Waals surface area contributed by atoms with E-state index in [4.69, 9.17) is 4.74 Å². The second kappa shape index (κ2) is 10.0. The number of rotatable bonds is 8. The van der Waals surface area contributed by atoms with Gasteiger partial charge in [0, 0.05) is 18.0 Å². The molecule has 25 heavy (non-hydrogen) atoms. The van der Waals surface area contributed by atoms with Crippen LogP contribution in [0.1, 0.15) is 35.0 Å². The zero-order chi connectivity index (χ0) is 18.1. The molecular formula is C19H28N4OS. The lowest BCUT2D eigenvalue weighted by Crippen LogP contribution is -2.38. The highest BCUT2D eigenvalue weighted by atomic mass is 32.1. The van der Waals surface area contributed by atoms with Gasteiger partial charge < -0.3 is 15.4 Å². The highest BCUT2D eigenvalue weighted by Gasteiger charge is 2.06. The van der Waals surface area contributed by atoms with Gasteiger partial charge in [0.05, 0.1) is 23.9 Å². The Kier molecular flexibility index (Phi) is 7.73. The van der Waals surface area contributed by atoms with Crippen molar-refractivity contribution < 1.29 is 4.74 Å². The van der Waals surface area contributed by atoms with Crippen LogP contribution in [0.2, 0.25) is 0 Å². The maximum absolute atomic E-state index is 5.68. The number of guanidine groups is 1. The first-order chi connectivity index (χ1) is 12.1. The fourth-order valence-electron chi connectivity index (χ4n) is 2.54. The van der Waals surface area contributed by atoms with Crippen LogP contribution in [-0.4, -0.2) is 30.6 Å². The first-order valence-electron chi connectivity index (χ1n) is 8.79. The number of hydrogen-bond acceptors (Lipinski definition) is 4. The largest absolute Gasteiger partial charge is 0.494 e. The maximum Gasteiger partial charge on any atom is 0.191 e. The molecule has 0 aliphatic heterocycles. The summed E-state index contributed by atoms with van der Waals surface area (Å²) in [5.74, 6) is 1.80. The smallest absolute Gasteiger partial charge is 0.191 e. The monoisotopic (exact) mass is 360 g/mol. The summed E-state index contributed by atoms with van der Waals surface area (Å²) in [7, 11) is 0. The summed E-state index contributed by atoms with van der Waals surface area (Å²) in [4.78, 5) is 10.4. The van der Waals surface area contributed by atoms with Gasteiger partial charge in [-0.3, -0.25) is 0 Å². The van der Waals surface area contributed by atoms with E-state index in [1.807, 2.05) is 39.0 Å². The van der Waals surface area contributed by atoms with E-state index in [2.05, 4.69) is 33.6 Å². The van der Waals surface area contributed by atoms with Crippen LogP contribution < -0.4 is 15.4 Å². The molecule has 136 valence electrons. The first-order valence-corrected chi connectivity index (χ1v) is 9.61. The van der Waals surface area contributed by atoms with Crippen LogP contribution in [0.4, 0.5) is 0 Å². The SMILES string of the molecule is CCNC(=NCc1sc(C)nc1C)NCCc1ccccc1OCC. The van der Waals surface area contributed by atoms with Crippen molar-refractivity contribution in [2.24, 2.45) is 4.99 Å². The standard InChI is InChI=1S/C19H28N4OS/c1-5-20-19(22-13-18-14(3)23-15(4)25-18)21-12-11-16-9-7-8-10-17(16)24-6-2/h7-10H,5-6,11-13H2,1-4H3,(H2,20,21,22). The molecule has 0 fully saturated rings. The zero-order valence-corrected chi connectivity index (χ0v) is 16.4. The average molecular weight is 361 g/mol. The molecule has 0 saturated carbocycles. The highest BCUT2D eigenvalue weighted by molar-refractivity contribution is 7.11. The zero-order valence-electron chi connectivity index (χ0n) is 15.6. The van der Waals surface area contributed by atoms with Gasteiger partial charge in [0.25, 0.3) is 0 Å². The molecule has 0 unspecified atom stereocenters. The molecule has 1 aromatic carbocycles. The van der Waals surface area contributed by atoms with Gasteiger partial charge in [-0.25, -0.2) is 9.98 Å². The van der Waals surface area contributed by atoms with Gasteiger partial charge in [-0.05, 0) is 45.7 Å². The van der Waals surface area contributed by atoms with Crippen molar-refractivity contribution in [3.8, 4) is 5.75 Å². The summed E-state index contributed by atoms with van der Waals surface area (Å²) in [6.45, 7) is 11.1. The maximum atomic E-state index is 5.68. The number of ether oxygens (including phenoxy) is 1. The quantitative estimate of drug-likeness (QED) is 0.559. The van der Waals surface area contributed by atoms with Gasteiger partial charge in [0.1, 0.15) is 5.75 Å². The van der Waals surface area contributed by atoms with Crippen LogP contribution in [0.5, 0.6) is 5.75 Å². The van der Waals surface area contributed by atoms with E-state index in [9.17, 15) is 0 Å². The molecular weight excluding hydrogens is 332 g/mol. The Morgan fingerprint density at radius 2 is 2.00 bits per heavy atom. The number of hydrogen-bond donors (Lipinski definition) is 2. The van der Waals surface area contributed by atoms with Crippen molar-refractivity contribution in [2.75, 3.05) is 19.7 Å². The minimum absolute atomic E-state index is 0.655. The molecule has 5 nitrogen and oxygen atoms in total. The first kappa shape index (κ1) is 19.2. The van der Waals surface area contributed by atoms with Crippen molar-refractivity contribution in [1.29, 1.82) is 0 Å². The summed E-state index contributed by atoms with van der Waals surface area (Å²) >= 11 is 1.71. The van der Waals surface area contributed by atoms with Gasteiger partial charge in [0.15, 0.2) is 5.96 Å². The molecule has 0 aliphatic carbocycles. The van der Waals surface area contributed by atoms with Crippen LogP contribution in [0.3, 0.4) is 0 Å². The number of nitrogens with zero attached hydrogens (tertiary/aromatic N) is 2. The molecule has 0 saturated heterocycles. The van der Waals surface area contributed by atoms with Gasteiger partial charge >= 0.3 is 0 Å². The Hall–Kier alpha value is -2.08. The third-order valence-corrected chi connectivity index (χ3v) is 4.74. The number of thiazole rings is 1. The Morgan fingerprint density at radius 1 is 1.20 bits per heavy atom. The lowest BCUT2D eigenvalue weighted by atomic mass is 10.1. The molecule has 6 heteroatoms. The van der Waals surface area contributed by atoms with E-state index in [0.29, 0.717) is 13.2 Å². The number of para-hydroxylation sites is 1. The Bertz CT molecular complexity index is 696. The highest BCUT2D eigenvalue weighted by Crippen LogP contribution is 2.19. The van der Waals surface area contributed by atoms with Crippen LogP contribution in [0, 0.1) is 13.8 Å². The van der Waals surface area contributed by atoms with E-state index in [-0.39, 0.29) is 0 Å². The van der Waals surface area contributed by atoms with Crippen LogP contribution in [0.25, 0.3) is 0 Å². The van der Waals surface area contributed by atoms with Crippen LogP contribution in [0.15, 0.2) is 29.3 Å². The lowest BCUT2D eigenvalue weighted by Gasteiger charge is -2.13. The molecule has 1 aromatic heterocycles. The van der Waals surface area contributed by atoms with E-state index < -0.39 is 0 Å². The minimum atomic E-state index is 0.655. The van der Waals surface area contributed by atoms with E-state index >= 15 is 0 Å². The van der Waals surface area contributed by atoms with Gasteiger partial charge in [0.2, 0.25) is 0 Å². The summed E-state index contributed by atoms with van der Waals surface area (Å²) in [5, 5.41) is 7.79. The molecule has 0 aliphatic rings. The van der Waals surface area contributed by atoms with E-state index in [1.165, 1.54) is 10.4 Å². The molecule has 2 aromatic rings. The average Bonchev–Trinajstić information content (AvgIpc) is 2.92. The minimum Gasteiger partial charge on any atom is -0.494 e. The van der Waals surface area contributed by atoms with Crippen molar-refractivity contribution in [2.45, 2.75) is 40.7 Å². The molecule has 0 bridgehead atoms. The van der Waals surface area contributed by atoms with Crippen molar-refractivity contribution in [3.63, 3.8) is 0 Å². The predicted molar refractivity (Wildman–Crippen MR) is 106 cm³/mol. The number of nitrogens with one attached hydrogen (secondary N) is 2. The van der Waals surface area contributed by atoms with Gasteiger partial charge in [-0.2, -0.15) is 0 Å². The van der Waals surface area contributed by atoms with Gasteiger partial charge in [-0.1, -0.05) is 18.2 Å². The molecule has 0 spiro atoms. The van der Waals surface area contributed by atoms with E-state index in [1.54, 1.807) is 11.3 Å². The normalized spacial score (nSPS) is 11.4. The Balaban J connectivity index is 1.93. The van der Waals surface area contributed by atoms with Crippen LogP contribution >= 0.6 is 11.3 Å². The summed E-state index contributed by atoms with van der Waals surface area (Å²) < 4.78 is 5.68.